The zero-order valence-corrected chi connectivity index (χ0v) is 16.4. The van der Waals surface area contributed by atoms with Crippen LogP contribution in [0.4, 0.5) is 0 Å². The molecule has 0 aliphatic carbocycles. The number of Topliss-reactive ketones (excluding diaryl/α,β-unsaturated/α-hetero) is 1. The lowest BCUT2D eigenvalue weighted by molar-refractivity contribution is 0.101. The molecule has 4 heteroatoms. The molecular weight excluding hydrogens is 346 g/mol. The van der Waals surface area contributed by atoms with E-state index in [1.54, 1.807) is 13.1 Å². The van der Waals surface area contributed by atoms with Gasteiger partial charge in [0.05, 0.1) is 11.0 Å². The SMILES string of the molecule is CC(=O)c1ccc2c(c1)nc(CC(C)C)n2-c1cccc(-c2cccnc2)c1. The van der Waals surface area contributed by atoms with Gasteiger partial charge in [-0.25, -0.2) is 4.98 Å². The molecule has 2 aromatic carbocycles. The molecule has 140 valence electrons. The van der Waals surface area contributed by atoms with Crippen LogP contribution in [0.1, 0.15) is 37.0 Å². The van der Waals surface area contributed by atoms with Gasteiger partial charge in [-0.05, 0) is 54.8 Å². The lowest BCUT2D eigenvalue weighted by Crippen LogP contribution is -2.05. The first-order chi connectivity index (χ1) is 13.5. The first-order valence-electron chi connectivity index (χ1n) is 9.56. The van der Waals surface area contributed by atoms with E-state index in [1.807, 2.05) is 30.5 Å². The van der Waals surface area contributed by atoms with Gasteiger partial charge in [0.15, 0.2) is 5.78 Å². The molecule has 4 aromatic rings. The summed E-state index contributed by atoms with van der Waals surface area (Å²) in [6, 6.07) is 18.2. The second-order valence-electron chi connectivity index (χ2n) is 7.51. The van der Waals surface area contributed by atoms with E-state index in [1.165, 1.54) is 0 Å². The number of carbonyl (C=O) groups is 1. The van der Waals surface area contributed by atoms with Crippen molar-refractivity contribution >= 4 is 16.8 Å². The number of ketones is 1. The Morgan fingerprint density at radius 2 is 1.86 bits per heavy atom. The molecule has 0 saturated carbocycles. The van der Waals surface area contributed by atoms with E-state index in [0.29, 0.717) is 11.5 Å². The molecule has 0 atom stereocenters. The summed E-state index contributed by atoms with van der Waals surface area (Å²) in [5, 5.41) is 0. The zero-order valence-electron chi connectivity index (χ0n) is 16.4. The minimum atomic E-state index is 0.0560. The fraction of sp³-hybridized carbons (Fsp3) is 0.208. The quantitative estimate of drug-likeness (QED) is 0.437. The average molecular weight is 369 g/mol. The number of rotatable bonds is 5. The van der Waals surface area contributed by atoms with E-state index in [0.717, 1.165) is 40.1 Å². The molecule has 0 bridgehead atoms. The molecule has 0 spiro atoms. The molecular formula is C24H23N3O. The molecule has 0 N–H and O–H groups in total. The number of aromatic nitrogens is 3. The molecule has 0 unspecified atom stereocenters. The van der Waals surface area contributed by atoms with Crippen molar-refractivity contribution in [3.05, 3.63) is 78.4 Å². The van der Waals surface area contributed by atoms with Crippen LogP contribution in [0.25, 0.3) is 27.8 Å². The Morgan fingerprint density at radius 1 is 1.04 bits per heavy atom. The lowest BCUT2D eigenvalue weighted by atomic mass is 10.1. The molecule has 0 aliphatic rings. The Balaban J connectivity index is 1.90. The highest BCUT2D eigenvalue weighted by atomic mass is 16.1. The first-order valence-corrected chi connectivity index (χ1v) is 9.56. The second-order valence-corrected chi connectivity index (χ2v) is 7.51. The Morgan fingerprint density at radius 3 is 2.57 bits per heavy atom. The molecule has 4 rings (SSSR count). The number of carbonyl (C=O) groups excluding carboxylic acids is 1. The summed E-state index contributed by atoms with van der Waals surface area (Å²) in [5.41, 5.74) is 5.83. The van der Waals surface area contributed by atoms with Crippen molar-refractivity contribution in [3.63, 3.8) is 0 Å². The van der Waals surface area contributed by atoms with E-state index in [9.17, 15) is 4.79 Å². The Bertz CT molecular complexity index is 1140. The summed E-state index contributed by atoms with van der Waals surface area (Å²) in [6.45, 7) is 5.97. The minimum Gasteiger partial charge on any atom is -0.296 e. The van der Waals surface area contributed by atoms with Crippen molar-refractivity contribution in [2.75, 3.05) is 0 Å². The number of pyridine rings is 1. The van der Waals surface area contributed by atoms with Crippen molar-refractivity contribution in [3.8, 4) is 16.8 Å². The van der Waals surface area contributed by atoms with Crippen molar-refractivity contribution in [2.45, 2.75) is 27.2 Å². The van der Waals surface area contributed by atoms with Crippen LogP contribution in [-0.2, 0) is 6.42 Å². The van der Waals surface area contributed by atoms with Crippen LogP contribution in [0.3, 0.4) is 0 Å². The van der Waals surface area contributed by atoms with E-state index in [4.69, 9.17) is 4.98 Å². The highest BCUT2D eigenvalue weighted by Gasteiger charge is 2.15. The fourth-order valence-corrected chi connectivity index (χ4v) is 3.50. The molecule has 0 aliphatic heterocycles. The van der Waals surface area contributed by atoms with Crippen LogP contribution < -0.4 is 0 Å². The normalized spacial score (nSPS) is 11.3. The van der Waals surface area contributed by atoms with Crippen LogP contribution in [0.15, 0.2) is 67.0 Å². The van der Waals surface area contributed by atoms with Crippen LogP contribution in [0, 0.1) is 5.92 Å². The molecule has 0 saturated heterocycles. The minimum absolute atomic E-state index is 0.0560. The summed E-state index contributed by atoms with van der Waals surface area (Å²) < 4.78 is 2.21. The van der Waals surface area contributed by atoms with Gasteiger partial charge in [-0.2, -0.15) is 0 Å². The van der Waals surface area contributed by atoms with Crippen LogP contribution in [0.5, 0.6) is 0 Å². The molecule has 0 amide bonds. The average Bonchev–Trinajstić information content (AvgIpc) is 3.05. The topological polar surface area (TPSA) is 47.8 Å². The van der Waals surface area contributed by atoms with Crippen LogP contribution in [-0.4, -0.2) is 20.3 Å². The van der Waals surface area contributed by atoms with Gasteiger partial charge in [0.1, 0.15) is 5.82 Å². The van der Waals surface area contributed by atoms with Crippen molar-refractivity contribution < 1.29 is 4.79 Å². The summed E-state index contributed by atoms with van der Waals surface area (Å²) in [6.07, 6.45) is 4.52. The largest absolute Gasteiger partial charge is 0.296 e. The van der Waals surface area contributed by atoms with E-state index >= 15 is 0 Å². The monoisotopic (exact) mass is 369 g/mol. The number of nitrogens with zero attached hydrogens (tertiary/aromatic N) is 3. The van der Waals surface area contributed by atoms with Crippen molar-refractivity contribution in [2.24, 2.45) is 5.92 Å². The molecule has 2 heterocycles. The van der Waals surface area contributed by atoms with Crippen molar-refractivity contribution in [1.82, 2.24) is 14.5 Å². The highest BCUT2D eigenvalue weighted by Crippen LogP contribution is 2.27. The summed E-state index contributed by atoms with van der Waals surface area (Å²) >= 11 is 0. The smallest absolute Gasteiger partial charge is 0.159 e. The van der Waals surface area contributed by atoms with Gasteiger partial charge in [-0.1, -0.05) is 32.0 Å². The van der Waals surface area contributed by atoms with Gasteiger partial charge in [0.2, 0.25) is 0 Å². The zero-order chi connectivity index (χ0) is 19.7. The standard InChI is InChI=1S/C24H23N3O/c1-16(2)12-24-26-22-14-18(17(3)28)9-10-23(22)27(24)21-8-4-6-19(13-21)20-7-5-11-25-15-20/h4-11,13-16H,12H2,1-3H3. The third-order valence-corrected chi connectivity index (χ3v) is 4.82. The highest BCUT2D eigenvalue weighted by molar-refractivity contribution is 5.97. The second kappa shape index (κ2) is 7.39. The maximum absolute atomic E-state index is 11.8. The van der Waals surface area contributed by atoms with Gasteiger partial charge >= 0.3 is 0 Å². The summed E-state index contributed by atoms with van der Waals surface area (Å²) in [7, 11) is 0. The van der Waals surface area contributed by atoms with E-state index in [2.05, 4.69) is 53.7 Å². The van der Waals surface area contributed by atoms with Gasteiger partial charge in [-0.15, -0.1) is 0 Å². The molecule has 2 aromatic heterocycles. The fourth-order valence-electron chi connectivity index (χ4n) is 3.50. The van der Waals surface area contributed by atoms with Gasteiger partial charge in [-0.3, -0.25) is 14.3 Å². The summed E-state index contributed by atoms with van der Waals surface area (Å²) in [5.74, 6) is 1.54. The maximum Gasteiger partial charge on any atom is 0.159 e. The number of fused-ring (bicyclic) bond motifs is 1. The third kappa shape index (κ3) is 3.46. The third-order valence-electron chi connectivity index (χ3n) is 4.82. The van der Waals surface area contributed by atoms with Gasteiger partial charge < -0.3 is 0 Å². The van der Waals surface area contributed by atoms with Crippen LogP contribution >= 0.6 is 0 Å². The number of hydrogen-bond acceptors (Lipinski definition) is 3. The van der Waals surface area contributed by atoms with Crippen LogP contribution in [0.2, 0.25) is 0 Å². The van der Waals surface area contributed by atoms with E-state index < -0.39 is 0 Å². The molecule has 0 fully saturated rings. The predicted octanol–water partition coefficient (Wildman–Crippen LogP) is 5.49. The predicted molar refractivity (Wildman–Crippen MR) is 113 cm³/mol. The number of benzene rings is 2. The molecule has 0 radical (unpaired) electrons. The van der Waals surface area contributed by atoms with Gasteiger partial charge in [0, 0.05) is 35.6 Å². The maximum atomic E-state index is 11.8. The lowest BCUT2D eigenvalue weighted by Gasteiger charge is -2.12. The Kier molecular flexibility index (Phi) is 4.78. The Labute approximate surface area is 164 Å². The first kappa shape index (κ1) is 18.1. The number of hydrogen-bond donors (Lipinski definition) is 0. The van der Waals surface area contributed by atoms with E-state index in [-0.39, 0.29) is 5.78 Å². The van der Waals surface area contributed by atoms with Gasteiger partial charge in [0.25, 0.3) is 0 Å². The number of imidazole rings is 1. The summed E-state index contributed by atoms with van der Waals surface area (Å²) in [4.78, 5) is 20.9. The molecule has 28 heavy (non-hydrogen) atoms. The molecule has 4 nitrogen and oxygen atoms in total. The Hall–Kier alpha value is -3.27. The van der Waals surface area contributed by atoms with Crippen molar-refractivity contribution in [1.29, 1.82) is 0 Å².